The number of nitrogens with zero attached hydrogens (tertiary/aromatic N) is 1. The van der Waals surface area contributed by atoms with Crippen molar-refractivity contribution < 1.29 is 8.94 Å². The Morgan fingerprint density at radius 1 is 1.42 bits per heavy atom. The molecular weight excluding hydrogens is 222 g/mol. The first-order valence-corrected chi connectivity index (χ1v) is 4.35. The highest BCUT2D eigenvalue weighted by molar-refractivity contribution is 9.10. The highest BCUT2D eigenvalue weighted by Gasteiger charge is 2.28. The van der Waals surface area contributed by atoms with E-state index in [0.29, 0.717) is 0 Å². The van der Waals surface area contributed by atoms with Crippen LogP contribution in [0.5, 0.6) is 0 Å². The van der Waals surface area contributed by atoms with Crippen molar-refractivity contribution in [2.75, 3.05) is 0 Å². The summed E-state index contributed by atoms with van der Waals surface area (Å²) in [4.78, 5) is 0. The fraction of sp³-hybridized carbons (Fsp3) is 0.125. The van der Waals surface area contributed by atoms with Gasteiger partial charge in [-0.15, -0.1) is 0 Å². The van der Waals surface area contributed by atoms with Crippen LogP contribution < -0.4 is 0 Å². The topological polar surface area (TPSA) is 39.2 Å². The van der Waals surface area contributed by atoms with Gasteiger partial charge in [0, 0.05) is 17.5 Å². The molecule has 2 heterocycles. The van der Waals surface area contributed by atoms with Crippen molar-refractivity contribution >= 4 is 15.9 Å². The zero-order valence-corrected chi connectivity index (χ0v) is 7.59. The largest absolute Gasteiger partial charge is 0.459 e. The van der Waals surface area contributed by atoms with E-state index < -0.39 is 0 Å². The molecule has 4 heteroatoms. The molecule has 0 N–H and O–H groups in total. The molecule has 0 saturated heterocycles. The van der Waals surface area contributed by atoms with Gasteiger partial charge in [0.15, 0.2) is 5.76 Å². The second-order valence-electron chi connectivity index (χ2n) is 2.75. The summed E-state index contributed by atoms with van der Waals surface area (Å²) >= 11 is 3.41. The summed E-state index contributed by atoms with van der Waals surface area (Å²) < 4.78 is 11.4. The maximum atomic E-state index is 5.31. The van der Waals surface area contributed by atoms with Crippen molar-refractivity contribution in [2.24, 2.45) is 0 Å². The van der Waals surface area contributed by atoms with E-state index in [1.807, 2.05) is 0 Å². The number of halogens is 1. The lowest BCUT2D eigenvalue weighted by Crippen LogP contribution is -1.76. The Kier molecular flexibility index (Phi) is 1.09. The van der Waals surface area contributed by atoms with Gasteiger partial charge in [0.2, 0.25) is 5.76 Å². The van der Waals surface area contributed by atoms with Crippen molar-refractivity contribution in [2.45, 2.75) is 6.42 Å². The van der Waals surface area contributed by atoms with Crippen LogP contribution in [0.15, 0.2) is 25.9 Å². The quantitative estimate of drug-likeness (QED) is 0.591. The second-order valence-corrected chi connectivity index (χ2v) is 3.60. The molecule has 1 aliphatic rings. The molecule has 0 fully saturated rings. The number of rotatable bonds is 0. The minimum atomic E-state index is 0.774. The zero-order chi connectivity index (χ0) is 8.13. The molecule has 1 aliphatic carbocycles. The molecule has 0 atom stereocenters. The Bertz CT molecular complexity index is 444. The van der Waals surface area contributed by atoms with Gasteiger partial charge in [-0.1, -0.05) is 5.16 Å². The summed E-state index contributed by atoms with van der Waals surface area (Å²) in [6, 6.07) is 0. The minimum Gasteiger partial charge on any atom is -0.459 e. The molecule has 0 radical (unpaired) electrons. The molecule has 2 aromatic heterocycles. The maximum Gasteiger partial charge on any atom is 0.205 e. The van der Waals surface area contributed by atoms with Crippen LogP contribution in [-0.2, 0) is 6.42 Å². The fourth-order valence-corrected chi connectivity index (χ4v) is 1.89. The van der Waals surface area contributed by atoms with Gasteiger partial charge in [-0.3, -0.25) is 0 Å². The Labute approximate surface area is 76.5 Å². The Morgan fingerprint density at radius 2 is 2.33 bits per heavy atom. The van der Waals surface area contributed by atoms with Crippen molar-refractivity contribution in [3.63, 3.8) is 0 Å². The van der Waals surface area contributed by atoms with Gasteiger partial charge in [0.25, 0.3) is 0 Å². The lowest BCUT2D eigenvalue weighted by atomic mass is 10.2. The average molecular weight is 226 g/mol. The average Bonchev–Trinajstić information content (AvgIpc) is 2.63. The monoisotopic (exact) mass is 225 g/mol. The van der Waals surface area contributed by atoms with Gasteiger partial charge < -0.3 is 8.94 Å². The highest BCUT2D eigenvalue weighted by Crippen LogP contribution is 2.41. The molecule has 2 aromatic rings. The molecule has 3 nitrogen and oxygen atoms in total. The van der Waals surface area contributed by atoms with Crippen LogP contribution in [0.3, 0.4) is 0 Å². The SMILES string of the molecule is Brc1coc2c1Cc1cnoc1-2. The van der Waals surface area contributed by atoms with Crippen molar-refractivity contribution in [3.05, 3.63) is 28.1 Å². The Morgan fingerprint density at radius 3 is 3.25 bits per heavy atom. The zero-order valence-electron chi connectivity index (χ0n) is 6.00. The number of hydrogen-bond donors (Lipinski definition) is 0. The first-order valence-electron chi connectivity index (χ1n) is 3.56. The minimum absolute atomic E-state index is 0.774. The van der Waals surface area contributed by atoms with E-state index in [9.17, 15) is 0 Å². The normalized spacial score (nSPS) is 13.1. The summed E-state index contributed by atoms with van der Waals surface area (Å²) in [5.41, 5.74) is 2.26. The number of fused-ring (bicyclic) bond motifs is 3. The van der Waals surface area contributed by atoms with Crippen LogP contribution >= 0.6 is 15.9 Å². The highest BCUT2D eigenvalue weighted by atomic mass is 79.9. The molecule has 0 aromatic carbocycles. The lowest BCUT2D eigenvalue weighted by molar-refractivity contribution is 0.418. The number of hydrogen-bond acceptors (Lipinski definition) is 3. The Balaban J connectivity index is 2.34. The summed E-state index contributed by atoms with van der Waals surface area (Å²) in [7, 11) is 0. The molecule has 3 rings (SSSR count). The Hall–Kier alpha value is -1.03. The van der Waals surface area contributed by atoms with Crippen LogP contribution in [0.1, 0.15) is 11.1 Å². The molecule has 0 amide bonds. The first-order chi connectivity index (χ1) is 5.86. The lowest BCUT2D eigenvalue weighted by Gasteiger charge is -1.85. The molecule has 0 unspecified atom stereocenters. The molecule has 0 bridgehead atoms. The number of aromatic nitrogens is 1. The van der Waals surface area contributed by atoms with Crippen LogP contribution in [0.2, 0.25) is 0 Å². The molecule has 12 heavy (non-hydrogen) atoms. The molecule has 0 aliphatic heterocycles. The number of furan rings is 1. The van der Waals surface area contributed by atoms with Gasteiger partial charge in [0.1, 0.15) is 6.26 Å². The molecule has 0 spiro atoms. The standard InChI is InChI=1S/C8H4BrNO2/c9-6-3-11-8-5(6)1-4-2-10-12-7(4)8/h2-3H,1H2. The van der Waals surface area contributed by atoms with Crippen molar-refractivity contribution in [1.29, 1.82) is 0 Å². The van der Waals surface area contributed by atoms with Gasteiger partial charge in [-0.2, -0.15) is 0 Å². The summed E-state index contributed by atoms with van der Waals surface area (Å²) in [5.74, 6) is 1.59. The van der Waals surface area contributed by atoms with Gasteiger partial charge in [-0.25, -0.2) is 0 Å². The third-order valence-corrected chi connectivity index (χ3v) is 2.73. The third-order valence-electron chi connectivity index (χ3n) is 2.06. The summed E-state index contributed by atoms with van der Waals surface area (Å²) in [6.07, 6.45) is 4.26. The smallest absolute Gasteiger partial charge is 0.205 e. The summed E-state index contributed by atoms with van der Waals surface area (Å²) in [6.45, 7) is 0. The van der Waals surface area contributed by atoms with E-state index in [1.54, 1.807) is 12.5 Å². The van der Waals surface area contributed by atoms with Gasteiger partial charge in [-0.05, 0) is 15.9 Å². The van der Waals surface area contributed by atoms with E-state index in [1.165, 1.54) is 0 Å². The van der Waals surface area contributed by atoms with E-state index in [0.717, 1.165) is 33.5 Å². The molecule has 0 saturated carbocycles. The van der Waals surface area contributed by atoms with E-state index in [-0.39, 0.29) is 0 Å². The molecular formula is C8H4BrNO2. The second kappa shape index (κ2) is 2.01. The molecule has 60 valence electrons. The van der Waals surface area contributed by atoms with Crippen LogP contribution in [0.25, 0.3) is 11.5 Å². The van der Waals surface area contributed by atoms with Crippen molar-refractivity contribution in [1.82, 2.24) is 5.16 Å². The van der Waals surface area contributed by atoms with Gasteiger partial charge >= 0.3 is 0 Å². The first kappa shape index (κ1) is 6.48. The summed E-state index contributed by atoms with van der Waals surface area (Å²) in [5, 5.41) is 3.70. The van der Waals surface area contributed by atoms with E-state index in [2.05, 4.69) is 21.1 Å². The van der Waals surface area contributed by atoms with Gasteiger partial charge in [0.05, 0.1) is 10.7 Å². The van der Waals surface area contributed by atoms with E-state index in [4.69, 9.17) is 8.94 Å². The maximum absolute atomic E-state index is 5.31. The van der Waals surface area contributed by atoms with Crippen molar-refractivity contribution in [3.8, 4) is 11.5 Å². The third kappa shape index (κ3) is 0.634. The predicted octanol–water partition coefficient (Wildman–Crippen LogP) is 2.60. The predicted molar refractivity (Wildman–Crippen MR) is 44.7 cm³/mol. The van der Waals surface area contributed by atoms with Crippen LogP contribution in [0, 0.1) is 0 Å². The van der Waals surface area contributed by atoms with E-state index >= 15 is 0 Å². The van der Waals surface area contributed by atoms with Crippen LogP contribution in [0.4, 0.5) is 0 Å². The fourth-order valence-electron chi connectivity index (χ4n) is 1.48. The van der Waals surface area contributed by atoms with Crippen LogP contribution in [-0.4, -0.2) is 5.16 Å².